The zero-order valence-electron chi connectivity index (χ0n) is 17.1. The van der Waals surface area contributed by atoms with Crippen LogP contribution in [0.4, 0.5) is 0 Å². The molecule has 0 bridgehead atoms. The Balaban J connectivity index is 1.43. The van der Waals surface area contributed by atoms with Crippen LogP contribution in [-0.2, 0) is 0 Å². The number of aliphatic hydroxyl groups is 1. The van der Waals surface area contributed by atoms with Crippen LogP contribution < -0.4 is 5.32 Å². The summed E-state index contributed by atoms with van der Waals surface area (Å²) in [6.45, 7) is 0.142. The molecular weight excluding hydrogens is 404 g/mol. The molecule has 32 heavy (non-hydrogen) atoms. The molecule has 2 N–H and O–H groups in total. The lowest BCUT2D eigenvalue weighted by Gasteiger charge is -2.07. The van der Waals surface area contributed by atoms with Crippen molar-refractivity contribution in [3.63, 3.8) is 0 Å². The largest absolute Gasteiger partial charge is 0.395 e. The van der Waals surface area contributed by atoms with Crippen LogP contribution in [0.2, 0.25) is 0 Å². The van der Waals surface area contributed by atoms with Gasteiger partial charge in [0.15, 0.2) is 5.65 Å². The van der Waals surface area contributed by atoms with Gasteiger partial charge in [-0.3, -0.25) is 4.79 Å². The van der Waals surface area contributed by atoms with E-state index in [1.54, 1.807) is 24.5 Å². The van der Waals surface area contributed by atoms with Crippen molar-refractivity contribution >= 4 is 11.6 Å². The minimum atomic E-state index is -0.214. The van der Waals surface area contributed by atoms with Crippen LogP contribution in [0, 0.1) is 0 Å². The van der Waals surface area contributed by atoms with Crippen LogP contribution in [0.5, 0.6) is 0 Å². The molecule has 0 aliphatic carbocycles. The second kappa shape index (κ2) is 8.44. The fourth-order valence-electron chi connectivity index (χ4n) is 3.55. The Hall–Kier alpha value is -4.30. The zero-order valence-corrected chi connectivity index (χ0v) is 17.1. The normalized spacial score (nSPS) is 11.0. The quantitative estimate of drug-likeness (QED) is 0.437. The molecule has 1 amide bonds. The van der Waals surface area contributed by atoms with Crippen molar-refractivity contribution < 1.29 is 9.90 Å². The highest BCUT2D eigenvalue weighted by Crippen LogP contribution is 2.25. The number of fused-ring (bicyclic) bond motifs is 1. The standard InChI is InChI=1S/C24H20N6O2/c31-12-10-25-24(32)18-7-5-17(6-8-18)20-14-23-26-16-22(30(23)28-15-20)19-3-1-4-21(13-19)29-11-2-9-27-29/h1-9,11,13-16,31H,10,12H2,(H,25,32). The molecule has 0 saturated carbocycles. The molecule has 3 aromatic heterocycles. The van der Waals surface area contributed by atoms with Gasteiger partial charge in [0.1, 0.15) is 0 Å². The van der Waals surface area contributed by atoms with Gasteiger partial charge in [-0.15, -0.1) is 0 Å². The number of rotatable bonds is 6. The average molecular weight is 424 g/mol. The van der Waals surface area contributed by atoms with Crippen molar-refractivity contribution in [1.82, 2.24) is 29.7 Å². The summed E-state index contributed by atoms with van der Waals surface area (Å²) in [4.78, 5) is 16.6. The number of aliphatic hydroxyl groups excluding tert-OH is 1. The average Bonchev–Trinajstić information content (AvgIpc) is 3.53. The Kier molecular flexibility index (Phi) is 5.19. The third kappa shape index (κ3) is 3.75. The van der Waals surface area contributed by atoms with Crippen molar-refractivity contribution in [2.24, 2.45) is 0 Å². The van der Waals surface area contributed by atoms with Crippen molar-refractivity contribution in [3.05, 3.63) is 91.0 Å². The fraction of sp³-hybridized carbons (Fsp3) is 0.0833. The summed E-state index contributed by atoms with van der Waals surface area (Å²) in [6, 6.07) is 19.2. The first-order valence-corrected chi connectivity index (χ1v) is 10.2. The molecule has 8 nitrogen and oxygen atoms in total. The van der Waals surface area contributed by atoms with Crippen molar-refractivity contribution in [3.8, 4) is 28.1 Å². The van der Waals surface area contributed by atoms with Crippen LogP contribution in [0.25, 0.3) is 33.7 Å². The molecule has 0 spiro atoms. The number of nitrogens with one attached hydrogen (secondary N) is 1. The van der Waals surface area contributed by atoms with Gasteiger partial charge in [-0.1, -0.05) is 24.3 Å². The third-order valence-electron chi connectivity index (χ3n) is 5.15. The monoisotopic (exact) mass is 424 g/mol. The first-order chi connectivity index (χ1) is 15.7. The summed E-state index contributed by atoms with van der Waals surface area (Å²) in [7, 11) is 0. The van der Waals surface area contributed by atoms with E-state index in [0.717, 1.165) is 33.7 Å². The lowest BCUT2D eigenvalue weighted by atomic mass is 10.1. The second-order valence-corrected chi connectivity index (χ2v) is 7.22. The summed E-state index contributed by atoms with van der Waals surface area (Å²) in [5.74, 6) is -0.214. The van der Waals surface area contributed by atoms with Crippen LogP contribution in [-0.4, -0.2) is 48.5 Å². The van der Waals surface area contributed by atoms with Gasteiger partial charge < -0.3 is 10.4 Å². The molecule has 0 radical (unpaired) electrons. The van der Waals surface area contributed by atoms with E-state index in [4.69, 9.17) is 5.11 Å². The topological polar surface area (TPSA) is 97.3 Å². The van der Waals surface area contributed by atoms with E-state index in [-0.39, 0.29) is 19.1 Å². The summed E-state index contributed by atoms with van der Waals surface area (Å²) in [5, 5.41) is 20.4. The number of hydrogen-bond donors (Lipinski definition) is 2. The maximum atomic E-state index is 12.0. The predicted molar refractivity (Wildman–Crippen MR) is 120 cm³/mol. The van der Waals surface area contributed by atoms with Crippen molar-refractivity contribution in [2.75, 3.05) is 13.2 Å². The molecule has 0 saturated heterocycles. The molecule has 5 rings (SSSR count). The van der Waals surface area contributed by atoms with Gasteiger partial charge in [-0.25, -0.2) is 14.2 Å². The summed E-state index contributed by atoms with van der Waals surface area (Å²) in [5.41, 5.74) is 5.94. The van der Waals surface area contributed by atoms with Gasteiger partial charge in [0, 0.05) is 35.6 Å². The second-order valence-electron chi connectivity index (χ2n) is 7.22. The number of benzene rings is 2. The van der Waals surface area contributed by atoms with E-state index in [0.29, 0.717) is 5.56 Å². The lowest BCUT2D eigenvalue weighted by molar-refractivity contribution is 0.0945. The maximum Gasteiger partial charge on any atom is 0.251 e. The zero-order chi connectivity index (χ0) is 21.9. The van der Waals surface area contributed by atoms with E-state index in [9.17, 15) is 4.79 Å². The molecule has 0 aliphatic heterocycles. The summed E-state index contributed by atoms with van der Waals surface area (Å²) in [6.07, 6.45) is 7.25. The number of hydrogen-bond acceptors (Lipinski definition) is 5. The Morgan fingerprint density at radius 2 is 1.81 bits per heavy atom. The molecule has 2 aromatic carbocycles. The Morgan fingerprint density at radius 1 is 0.938 bits per heavy atom. The number of nitrogens with zero attached hydrogens (tertiary/aromatic N) is 5. The number of imidazole rings is 1. The SMILES string of the molecule is O=C(NCCO)c1ccc(-c2cnn3c(-c4cccc(-n5cccn5)c4)cnc3c2)cc1. The van der Waals surface area contributed by atoms with E-state index >= 15 is 0 Å². The Morgan fingerprint density at radius 3 is 2.59 bits per heavy atom. The number of carbonyl (C=O) groups excluding carboxylic acids is 1. The van der Waals surface area contributed by atoms with E-state index in [1.807, 2.05) is 70.1 Å². The van der Waals surface area contributed by atoms with Crippen LogP contribution in [0.3, 0.4) is 0 Å². The first-order valence-electron chi connectivity index (χ1n) is 10.2. The first kappa shape index (κ1) is 19.7. The van der Waals surface area contributed by atoms with Crippen molar-refractivity contribution in [2.45, 2.75) is 0 Å². The van der Waals surface area contributed by atoms with Gasteiger partial charge in [-0.05, 0) is 42.0 Å². The molecule has 0 unspecified atom stereocenters. The molecule has 158 valence electrons. The highest BCUT2D eigenvalue weighted by Gasteiger charge is 2.11. The van der Waals surface area contributed by atoms with E-state index < -0.39 is 0 Å². The summed E-state index contributed by atoms with van der Waals surface area (Å²) < 4.78 is 3.62. The number of aromatic nitrogens is 5. The molecular formula is C24H20N6O2. The highest BCUT2D eigenvalue weighted by molar-refractivity contribution is 5.94. The van der Waals surface area contributed by atoms with E-state index in [1.165, 1.54) is 0 Å². The van der Waals surface area contributed by atoms with Gasteiger partial charge in [0.05, 0.1) is 30.4 Å². The fourth-order valence-corrected chi connectivity index (χ4v) is 3.55. The van der Waals surface area contributed by atoms with Gasteiger partial charge >= 0.3 is 0 Å². The molecule has 0 fully saturated rings. The Bertz CT molecular complexity index is 1370. The molecule has 3 heterocycles. The van der Waals surface area contributed by atoms with Gasteiger partial charge in [-0.2, -0.15) is 10.2 Å². The third-order valence-corrected chi connectivity index (χ3v) is 5.15. The predicted octanol–water partition coefficient (Wildman–Crippen LogP) is 2.97. The Labute approximate surface area is 183 Å². The maximum absolute atomic E-state index is 12.0. The highest BCUT2D eigenvalue weighted by atomic mass is 16.3. The smallest absolute Gasteiger partial charge is 0.251 e. The minimum Gasteiger partial charge on any atom is -0.395 e. The van der Waals surface area contributed by atoms with Gasteiger partial charge in [0.2, 0.25) is 0 Å². The summed E-state index contributed by atoms with van der Waals surface area (Å²) >= 11 is 0. The van der Waals surface area contributed by atoms with Crippen LogP contribution >= 0.6 is 0 Å². The molecule has 0 aliphatic rings. The molecule has 8 heteroatoms. The van der Waals surface area contributed by atoms with E-state index in [2.05, 4.69) is 20.5 Å². The van der Waals surface area contributed by atoms with Crippen molar-refractivity contribution in [1.29, 1.82) is 0 Å². The van der Waals surface area contributed by atoms with Gasteiger partial charge in [0.25, 0.3) is 5.91 Å². The van der Waals surface area contributed by atoms with Crippen LogP contribution in [0.15, 0.2) is 85.5 Å². The van der Waals surface area contributed by atoms with Crippen LogP contribution in [0.1, 0.15) is 10.4 Å². The number of carbonyl (C=O) groups is 1. The molecule has 5 aromatic rings. The lowest BCUT2D eigenvalue weighted by Crippen LogP contribution is -2.26. The number of amides is 1. The minimum absolute atomic E-state index is 0.0880. The molecule has 0 atom stereocenters.